The lowest BCUT2D eigenvalue weighted by atomic mass is 9.32. The third kappa shape index (κ3) is 5.80. The molecule has 2 N–H and O–H groups in total. The Bertz CT molecular complexity index is 951. The molecule has 2 aromatic rings. The van der Waals surface area contributed by atoms with Crippen LogP contribution in [0, 0.1) is 5.92 Å². The monoisotopic (exact) mass is 450 g/mol. The van der Waals surface area contributed by atoms with E-state index >= 15 is 0 Å². The molecule has 33 heavy (non-hydrogen) atoms. The summed E-state index contributed by atoms with van der Waals surface area (Å²) in [6.07, 6.45) is 5.50. The Kier molecular flexibility index (Phi) is 7.57. The molecule has 7 nitrogen and oxygen atoms in total. The van der Waals surface area contributed by atoms with Crippen LogP contribution in [0.4, 0.5) is 0 Å². The van der Waals surface area contributed by atoms with Gasteiger partial charge in [-0.15, -0.1) is 0 Å². The van der Waals surface area contributed by atoms with E-state index in [1.807, 2.05) is 30.3 Å². The number of nitrogens with one attached hydrogen (secondary N) is 2. The maximum absolute atomic E-state index is 13.5. The lowest BCUT2D eigenvalue weighted by Crippen LogP contribution is -2.70. The van der Waals surface area contributed by atoms with E-state index in [0.717, 1.165) is 12.0 Å². The molecule has 0 radical (unpaired) electrons. The zero-order chi connectivity index (χ0) is 24.2. The van der Waals surface area contributed by atoms with Gasteiger partial charge in [0.2, 0.25) is 5.91 Å². The molecule has 0 spiro atoms. The van der Waals surface area contributed by atoms with E-state index in [1.165, 1.54) is 18.6 Å². The van der Waals surface area contributed by atoms with Gasteiger partial charge in [-0.2, -0.15) is 0 Å². The number of nitrogens with zero attached hydrogens (tertiary/aromatic N) is 2. The molecule has 1 aliphatic rings. The quantitative estimate of drug-likeness (QED) is 0.571. The van der Waals surface area contributed by atoms with Crippen molar-refractivity contribution in [1.29, 1.82) is 0 Å². The molecule has 3 rings (SSSR count). The van der Waals surface area contributed by atoms with E-state index in [4.69, 9.17) is 4.65 Å². The van der Waals surface area contributed by atoms with Crippen molar-refractivity contribution in [2.45, 2.75) is 77.3 Å². The summed E-state index contributed by atoms with van der Waals surface area (Å²) in [4.78, 5) is 34.3. The molecule has 0 saturated carbocycles. The van der Waals surface area contributed by atoms with Crippen molar-refractivity contribution < 1.29 is 14.2 Å². The lowest BCUT2D eigenvalue weighted by Gasteiger charge is -2.59. The van der Waals surface area contributed by atoms with Crippen molar-refractivity contribution >= 4 is 18.7 Å². The van der Waals surface area contributed by atoms with Crippen LogP contribution in [-0.4, -0.2) is 46.3 Å². The van der Waals surface area contributed by atoms with Crippen molar-refractivity contribution in [1.82, 2.24) is 20.6 Å². The summed E-state index contributed by atoms with van der Waals surface area (Å²) in [6.45, 7) is 12.7. The number of aromatic nitrogens is 2. The highest BCUT2D eigenvalue weighted by atomic mass is 16.5. The minimum absolute atomic E-state index is 0.0996. The van der Waals surface area contributed by atoms with Gasteiger partial charge in [-0.25, -0.2) is 4.98 Å². The number of rotatable bonds is 9. The summed E-state index contributed by atoms with van der Waals surface area (Å²) in [5.41, 5.74) is 0.868. The van der Waals surface area contributed by atoms with Crippen molar-refractivity contribution in [2.75, 3.05) is 0 Å². The number of carbonyl (C=O) groups excluding carboxylic acids is 2. The second-order valence-corrected chi connectivity index (χ2v) is 10.3. The number of benzene rings is 1. The molecule has 2 amide bonds. The van der Waals surface area contributed by atoms with Crippen LogP contribution < -0.4 is 10.6 Å². The summed E-state index contributed by atoms with van der Waals surface area (Å²) < 4.78 is 6.23. The van der Waals surface area contributed by atoms with Gasteiger partial charge in [0.1, 0.15) is 11.7 Å². The number of hydrogen-bond donors (Lipinski definition) is 2. The minimum atomic E-state index is -0.757. The molecule has 0 bridgehead atoms. The second kappa shape index (κ2) is 10.0. The van der Waals surface area contributed by atoms with E-state index in [0.29, 0.717) is 12.3 Å². The van der Waals surface area contributed by atoms with Crippen LogP contribution >= 0.6 is 0 Å². The molecule has 176 valence electrons. The highest BCUT2D eigenvalue weighted by Crippen LogP contribution is 2.54. The van der Waals surface area contributed by atoms with E-state index in [2.05, 4.69) is 62.1 Å². The molecule has 1 saturated heterocycles. The summed E-state index contributed by atoms with van der Waals surface area (Å²) in [7, 11) is 0. The summed E-state index contributed by atoms with van der Waals surface area (Å²) in [5.74, 6) is -0.445. The molecule has 2 heterocycles. The maximum atomic E-state index is 13.5. The van der Waals surface area contributed by atoms with Crippen molar-refractivity contribution in [3.63, 3.8) is 0 Å². The Morgan fingerprint density at radius 3 is 2.30 bits per heavy atom. The molecule has 0 unspecified atom stereocenters. The van der Waals surface area contributed by atoms with Gasteiger partial charge < -0.3 is 15.3 Å². The van der Waals surface area contributed by atoms with E-state index < -0.39 is 11.9 Å². The predicted molar refractivity (Wildman–Crippen MR) is 130 cm³/mol. The molecule has 0 aliphatic carbocycles. The fraction of sp³-hybridized carbons (Fsp3) is 0.520. The molecular weight excluding hydrogens is 415 g/mol. The first-order chi connectivity index (χ1) is 15.5. The smallest absolute Gasteiger partial charge is 0.324 e. The zero-order valence-electron chi connectivity index (χ0n) is 20.5. The van der Waals surface area contributed by atoms with Crippen molar-refractivity contribution in [2.24, 2.45) is 5.92 Å². The van der Waals surface area contributed by atoms with E-state index in [1.54, 1.807) is 0 Å². The molecule has 8 heteroatoms. The molecule has 1 aromatic heterocycles. The van der Waals surface area contributed by atoms with Crippen LogP contribution in [0.1, 0.15) is 64.0 Å². The third-order valence-corrected chi connectivity index (χ3v) is 6.80. The van der Waals surface area contributed by atoms with Crippen LogP contribution in [0.15, 0.2) is 48.9 Å². The van der Waals surface area contributed by atoms with Crippen LogP contribution in [-0.2, 0) is 15.9 Å². The van der Waals surface area contributed by atoms with Gasteiger partial charge in [-0.3, -0.25) is 14.6 Å². The number of amides is 2. The molecule has 1 aromatic carbocycles. The summed E-state index contributed by atoms with van der Waals surface area (Å²) >= 11 is 0. The van der Waals surface area contributed by atoms with Gasteiger partial charge in [0.25, 0.3) is 5.91 Å². The van der Waals surface area contributed by atoms with Crippen molar-refractivity contribution in [3.05, 3.63) is 60.2 Å². The van der Waals surface area contributed by atoms with Gasteiger partial charge >= 0.3 is 6.92 Å². The average molecular weight is 450 g/mol. The Morgan fingerprint density at radius 1 is 1.06 bits per heavy atom. The Hall–Kier alpha value is -2.74. The fourth-order valence-corrected chi connectivity index (χ4v) is 4.24. The van der Waals surface area contributed by atoms with Gasteiger partial charge in [-0.1, -0.05) is 58.0 Å². The normalized spacial score (nSPS) is 18.2. The molecular formula is C25H35BN4O3. The van der Waals surface area contributed by atoms with Crippen molar-refractivity contribution in [3.8, 4) is 0 Å². The second-order valence-electron chi connectivity index (χ2n) is 10.3. The first-order valence-electron chi connectivity index (χ1n) is 11.6. The van der Waals surface area contributed by atoms with E-state index in [9.17, 15) is 9.59 Å². The van der Waals surface area contributed by atoms with Gasteiger partial charge in [-0.05, 0) is 37.1 Å². The lowest BCUT2D eigenvalue weighted by molar-refractivity contribution is -0.123. The highest BCUT2D eigenvalue weighted by Gasteiger charge is 2.61. The Balaban J connectivity index is 1.80. The van der Waals surface area contributed by atoms with Gasteiger partial charge in [0.05, 0.1) is 6.20 Å². The molecule has 1 fully saturated rings. The average Bonchev–Trinajstić information content (AvgIpc) is 2.77. The molecule has 2 atom stereocenters. The van der Waals surface area contributed by atoms with Crippen LogP contribution in [0.3, 0.4) is 0 Å². The Morgan fingerprint density at radius 2 is 1.76 bits per heavy atom. The van der Waals surface area contributed by atoms with E-state index in [-0.39, 0.29) is 35.4 Å². The highest BCUT2D eigenvalue weighted by molar-refractivity contribution is 6.61. The largest absolute Gasteiger partial charge is 0.428 e. The van der Waals surface area contributed by atoms with Crippen LogP contribution in [0.5, 0.6) is 0 Å². The maximum Gasteiger partial charge on any atom is 0.324 e. The SMILES string of the molecule is CC(C)C[C@H](NC(=O)[C@@H](Cc1ccccc1)NC(=O)c1cnccn1)B1OC(C)(C)C1(C)C. The predicted octanol–water partition coefficient (Wildman–Crippen LogP) is 3.47. The third-order valence-electron chi connectivity index (χ3n) is 6.80. The van der Waals surface area contributed by atoms with Gasteiger partial charge in [0, 0.05) is 30.4 Å². The summed E-state index contributed by atoms with van der Waals surface area (Å²) in [5, 5.41) is 5.96. The topological polar surface area (TPSA) is 93.2 Å². The fourth-order valence-electron chi connectivity index (χ4n) is 4.24. The molecule has 1 aliphatic heterocycles. The van der Waals surface area contributed by atoms with Gasteiger partial charge in [0.15, 0.2) is 0 Å². The van der Waals surface area contributed by atoms with Crippen LogP contribution in [0.2, 0.25) is 5.31 Å². The standard InChI is InChI=1S/C25H35BN4O3/c1-17(2)14-21(26-24(3,4)25(5,6)33-26)30-22(31)19(15-18-10-8-7-9-11-18)29-23(32)20-16-27-12-13-28-20/h7-13,16-17,19,21H,14-15H2,1-6H3,(H,29,32)(H,30,31)/t19-,21+/m1/s1. The minimum Gasteiger partial charge on any atom is -0.428 e. The first kappa shape index (κ1) is 24.9. The Labute approximate surface area is 197 Å². The number of carbonyl (C=O) groups is 2. The number of hydrogen-bond acceptors (Lipinski definition) is 5. The summed E-state index contributed by atoms with van der Waals surface area (Å²) in [6, 6.07) is 8.90. The van der Waals surface area contributed by atoms with Crippen LogP contribution in [0.25, 0.3) is 0 Å². The first-order valence-corrected chi connectivity index (χ1v) is 11.6. The zero-order valence-corrected chi connectivity index (χ0v) is 20.5.